The van der Waals surface area contributed by atoms with E-state index in [1.165, 1.54) is 11.8 Å². The third-order valence-electron chi connectivity index (χ3n) is 4.45. The molecule has 23 heavy (non-hydrogen) atoms. The monoisotopic (exact) mass is 355 g/mol. The Hall–Kier alpha value is -1.24. The van der Waals surface area contributed by atoms with Crippen molar-refractivity contribution in [1.82, 2.24) is 5.32 Å². The number of anilines is 1. The molecule has 3 atom stereocenters. The number of nitrogens with one attached hydrogen (secondary N) is 2. The van der Waals surface area contributed by atoms with Crippen molar-refractivity contribution in [1.29, 1.82) is 0 Å². The van der Waals surface area contributed by atoms with E-state index < -0.39 is 0 Å². The van der Waals surface area contributed by atoms with Crippen LogP contribution in [-0.2, 0) is 4.79 Å². The van der Waals surface area contributed by atoms with Gasteiger partial charge in [0.05, 0.1) is 10.9 Å². The number of thioether (sulfide) groups is 1. The highest BCUT2D eigenvalue weighted by Gasteiger charge is 2.28. The number of amides is 2. The van der Waals surface area contributed by atoms with E-state index in [9.17, 15) is 9.59 Å². The van der Waals surface area contributed by atoms with Crippen LogP contribution in [0.5, 0.6) is 0 Å². The molecule has 1 saturated carbocycles. The number of hydrogen-bond acceptors (Lipinski definition) is 4. The highest BCUT2D eigenvalue weighted by molar-refractivity contribution is 8.00. The number of carbonyl (C=O) groups is 2. The van der Waals surface area contributed by atoms with E-state index in [0.717, 1.165) is 29.8 Å². The smallest absolute Gasteiger partial charge is 0.251 e. The molecule has 0 saturated heterocycles. The van der Waals surface area contributed by atoms with Crippen LogP contribution >= 0.6 is 24.2 Å². The SMILES string of the molecule is CC1Sc2ccc(C(=O)NC3CCCC3CN)cc2NC1=O.Cl. The molecule has 7 heteroatoms. The van der Waals surface area contributed by atoms with E-state index in [0.29, 0.717) is 18.0 Å². The maximum atomic E-state index is 12.4. The van der Waals surface area contributed by atoms with Gasteiger partial charge in [0, 0.05) is 16.5 Å². The van der Waals surface area contributed by atoms with Crippen molar-refractivity contribution in [3.8, 4) is 0 Å². The second-order valence-corrected chi connectivity index (χ2v) is 7.35. The minimum absolute atomic E-state index is 0. The molecule has 4 N–H and O–H groups in total. The van der Waals surface area contributed by atoms with Crippen LogP contribution in [0, 0.1) is 5.92 Å². The van der Waals surface area contributed by atoms with Crippen LogP contribution in [0.15, 0.2) is 23.1 Å². The van der Waals surface area contributed by atoms with Gasteiger partial charge in [-0.1, -0.05) is 6.42 Å². The molecule has 0 aromatic heterocycles. The third-order valence-corrected chi connectivity index (χ3v) is 5.63. The highest BCUT2D eigenvalue weighted by Crippen LogP contribution is 2.36. The van der Waals surface area contributed by atoms with E-state index in [4.69, 9.17) is 5.73 Å². The molecule has 5 nitrogen and oxygen atoms in total. The van der Waals surface area contributed by atoms with Crippen molar-refractivity contribution in [2.45, 2.75) is 42.4 Å². The van der Waals surface area contributed by atoms with Crippen molar-refractivity contribution >= 4 is 41.7 Å². The second kappa shape index (κ2) is 7.55. The molecule has 1 aliphatic carbocycles. The molecule has 2 amide bonds. The fraction of sp³-hybridized carbons (Fsp3) is 0.500. The van der Waals surface area contributed by atoms with Gasteiger partial charge in [0.2, 0.25) is 5.91 Å². The van der Waals surface area contributed by atoms with E-state index >= 15 is 0 Å². The van der Waals surface area contributed by atoms with Gasteiger partial charge in [0.1, 0.15) is 0 Å². The van der Waals surface area contributed by atoms with Gasteiger partial charge in [-0.3, -0.25) is 9.59 Å². The fourth-order valence-corrected chi connectivity index (χ4v) is 4.04. The number of benzene rings is 1. The Labute approximate surface area is 146 Å². The Morgan fingerprint density at radius 3 is 2.96 bits per heavy atom. The zero-order valence-corrected chi connectivity index (χ0v) is 14.6. The van der Waals surface area contributed by atoms with Crippen LogP contribution in [-0.4, -0.2) is 29.7 Å². The van der Waals surface area contributed by atoms with Crippen LogP contribution in [0.3, 0.4) is 0 Å². The molecular formula is C16H22ClN3O2S. The zero-order chi connectivity index (χ0) is 15.7. The summed E-state index contributed by atoms with van der Waals surface area (Å²) in [7, 11) is 0. The minimum atomic E-state index is -0.101. The summed E-state index contributed by atoms with van der Waals surface area (Å²) in [5.74, 6) is 0.262. The Kier molecular flexibility index (Phi) is 5.95. The molecule has 0 bridgehead atoms. The van der Waals surface area contributed by atoms with Crippen molar-refractivity contribution < 1.29 is 9.59 Å². The summed E-state index contributed by atoms with van der Waals surface area (Å²) in [6.45, 7) is 2.48. The van der Waals surface area contributed by atoms with Gasteiger partial charge in [-0.05, 0) is 50.4 Å². The fourth-order valence-electron chi connectivity index (χ4n) is 3.11. The van der Waals surface area contributed by atoms with Gasteiger partial charge in [-0.25, -0.2) is 0 Å². The lowest BCUT2D eigenvalue weighted by Crippen LogP contribution is -2.39. The summed E-state index contributed by atoms with van der Waals surface area (Å²) in [5, 5.41) is 5.84. The van der Waals surface area contributed by atoms with Crippen LogP contribution < -0.4 is 16.4 Å². The van der Waals surface area contributed by atoms with E-state index in [2.05, 4.69) is 10.6 Å². The second-order valence-electron chi connectivity index (χ2n) is 5.97. The Balaban J connectivity index is 0.00000192. The van der Waals surface area contributed by atoms with Gasteiger partial charge in [0.15, 0.2) is 0 Å². The lowest BCUT2D eigenvalue weighted by atomic mass is 10.0. The number of rotatable bonds is 3. The molecule has 126 valence electrons. The number of fused-ring (bicyclic) bond motifs is 1. The average Bonchev–Trinajstić information content (AvgIpc) is 2.95. The average molecular weight is 356 g/mol. The molecule has 1 heterocycles. The van der Waals surface area contributed by atoms with E-state index in [1.54, 1.807) is 6.07 Å². The number of nitrogens with two attached hydrogens (primary N) is 1. The standard InChI is InChI=1S/C16H21N3O2S.ClH/c1-9-15(20)19-13-7-10(5-6-14(13)22-9)16(21)18-12-4-2-3-11(12)8-17;/h5-7,9,11-12H,2-4,8,17H2,1H3,(H,18,21)(H,19,20);1H. The Morgan fingerprint density at radius 2 is 2.22 bits per heavy atom. The summed E-state index contributed by atoms with van der Waals surface area (Å²) in [6.07, 6.45) is 3.18. The van der Waals surface area contributed by atoms with Crippen molar-refractivity contribution in [2.75, 3.05) is 11.9 Å². The summed E-state index contributed by atoms with van der Waals surface area (Å²) >= 11 is 1.52. The summed E-state index contributed by atoms with van der Waals surface area (Å²) in [5.41, 5.74) is 7.06. The molecule has 1 aromatic carbocycles. The van der Waals surface area contributed by atoms with E-state index in [1.807, 2.05) is 19.1 Å². The topological polar surface area (TPSA) is 84.2 Å². The van der Waals surface area contributed by atoms with Gasteiger partial charge in [-0.15, -0.1) is 24.2 Å². The van der Waals surface area contributed by atoms with Crippen LogP contribution in [0.2, 0.25) is 0 Å². The molecule has 1 aliphatic heterocycles. The van der Waals surface area contributed by atoms with Crippen LogP contribution in [0.1, 0.15) is 36.5 Å². The van der Waals surface area contributed by atoms with Crippen molar-refractivity contribution in [3.63, 3.8) is 0 Å². The normalized spacial score (nSPS) is 26.0. The number of hydrogen-bond donors (Lipinski definition) is 3. The molecule has 3 rings (SSSR count). The summed E-state index contributed by atoms with van der Waals surface area (Å²) < 4.78 is 0. The number of halogens is 1. The molecule has 1 aromatic rings. The first kappa shape index (κ1) is 18.1. The zero-order valence-electron chi connectivity index (χ0n) is 13.0. The summed E-state index contributed by atoms with van der Waals surface area (Å²) in [6, 6.07) is 5.64. The third kappa shape index (κ3) is 3.82. The van der Waals surface area contributed by atoms with Gasteiger partial charge >= 0.3 is 0 Å². The number of carbonyl (C=O) groups excluding carboxylic acids is 2. The molecule has 2 aliphatic rings. The first-order valence-electron chi connectivity index (χ1n) is 7.71. The lowest BCUT2D eigenvalue weighted by molar-refractivity contribution is -0.115. The maximum absolute atomic E-state index is 12.4. The lowest BCUT2D eigenvalue weighted by Gasteiger charge is -2.23. The Morgan fingerprint density at radius 1 is 1.43 bits per heavy atom. The molecule has 0 spiro atoms. The Bertz CT molecular complexity index is 611. The van der Waals surface area contributed by atoms with Gasteiger partial charge < -0.3 is 16.4 Å². The molecule has 3 unspecified atom stereocenters. The molecular weight excluding hydrogens is 334 g/mol. The maximum Gasteiger partial charge on any atom is 0.251 e. The van der Waals surface area contributed by atoms with Crippen LogP contribution in [0.25, 0.3) is 0 Å². The minimum Gasteiger partial charge on any atom is -0.349 e. The van der Waals surface area contributed by atoms with Crippen molar-refractivity contribution in [2.24, 2.45) is 11.7 Å². The molecule has 0 radical (unpaired) electrons. The van der Waals surface area contributed by atoms with E-state index in [-0.39, 0.29) is 35.5 Å². The largest absolute Gasteiger partial charge is 0.349 e. The summed E-state index contributed by atoms with van der Waals surface area (Å²) in [4.78, 5) is 25.2. The first-order chi connectivity index (χ1) is 10.6. The predicted octanol–water partition coefficient (Wildman–Crippen LogP) is 2.40. The van der Waals surface area contributed by atoms with Gasteiger partial charge in [0.25, 0.3) is 5.91 Å². The highest BCUT2D eigenvalue weighted by atomic mass is 35.5. The van der Waals surface area contributed by atoms with Crippen LogP contribution in [0.4, 0.5) is 5.69 Å². The van der Waals surface area contributed by atoms with Gasteiger partial charge in [-0.2, -0.15) is 0 Å². The van der Waals surface area contributed by atoms with Crippen molar-refractivity contribution in [3.05, 3.63) is 23.8 Å². The quantitative estimate of drug-likeness (QED) is 0.777. The predicted molar refractivity (Wildman–Crippen MR) is 95.3 cm³/mol. The molecule has 1 fully saturated rings. The first-order valence-corrected chi connectivity index (χ1v) is 8.59.